The van der Waals surface area contributed by atoms with E-state index in [0.29, 0.717) is 28.6 Å². The summed E-state index contributed by atoms with van der Waals surface area (Å²) in [4.78, 5) is 24.8. The molecule has 7 heteroatoms. The number of aromatic carboxylic acids is 1. The summed E-state index contributed by atoms with van der Waals surface area (Å²) in [6.07, 6.45) is 0.657. The predicted molar refractivity (Wildman–Crippen MR) is 86.1 cm³/mol. The average molecular weight is 337 g/mol. The van der Waals surface area contributed by atoms with Crippen molar-refractivity contribution in [2.45, 2.75) is 13.0 Å². The lowest BCUT2D eigenvalue weighted by molar-refractivity contribution is 0.0697. The molecule has 1 aliphatic rings. The van der Waals surface area contributed by atoms with Gasteiger partial charge in [-0.2, -0.15) is 0 Å². The fourth-order valence-electron chi connectivity index (χ4n) is 2.43. The summed E-state index contributed by atoms with van der Waals surface area (Å²) in [7, 11) is 0. The fraction of sp³-hybridized carbons (Fsp3) is 0.200. The number of fused-ring (bicyclic) bond motifs is 1. The zero-order chi connectivity index (χ0) is 15.7. The quantitative estimate of drug-likeness (QED) is 0.805. The predicted octanol–water partition coefficient (Wildman–Crippen LogP) is 3.00. The second-order valence-corrected chi connectivity index (χ2v) is 6.44. The maximum absolute atomic E-state index is 12.3. The number of carboxylic acids is 1. The van der Waals surface area contributed by atoms with Crippen molar-refractivity contribution in [3.63, 3.8) is 0 Å². The molecule has 0 spiro atoms. The van der Waals surface area contributed by atoms with E-state index >= 15 is 0 Å². The second kappa shape index (κ2) is 6.08. The van der Waals surface area contributed by atoms with Crippen LogP contribution in [0.25, 0.3) is 0 Å². The first-order valence-electron chi connectivity index (χ1n) is 6.71. The highest BCUT2D eigenvalue weighted by atomic mass is 35.5. The van der Waals surface area contributed by atoms with Gasteiger partial charge in [0.25, 0.3) is 5.91 Å². The van der Waals surface area contributed by atoms with Gasteiger partial charge in [0.05, 0.1) is 5.56 Å². The zero-order valence-corrected chi connectivity index (χ0v) is 13.1. The van der Waals surface area contributed by atoms with Gasteiger partial charge in [-0.05, 0) is 42.8 Å². The first-order valence-corrected chi connectivity index (χ1v) is 7.91. The lowest BCUT2D eigenvalue weighted by Crippen LogP contribution is -2.23. The first-order chi connectivity index (χ1) is 10.6. The Morgan fingerprint density at radius 2 is 2.00 bits per heavy atom. The van der Waals surface area contributed by atoms with Crippen LogP contribution in [0.3, 0.4) is 0 Å². The Morgan fingerprint density at radius 3 is 2.68 bits per heavy atom. The number of carbonyl (C=O) groups excluding carboxylic acids is 1. The number of carbonyl (C=O) groups is 2. The Labute approximate surface area is 135 Å². The van der Waals surface area contributed by atoms with Crippen LogP contribution in [0.1, 0.15) is 31.2 Å². The van der Waals surface area contributed by atoms with Crippen LogP contribution in [0.4, 0.5) is 5.00 Å². The highest BCUT2D eigenvalue weighted by Crippen LogP contribution is 2.35. The Morgan fingerprint density at radius 1 is 1.27 bits per heavy atom. The molecule has 0 bridgehead atoms. The molecule has 3 N–H and O–H groups in total. The van der Waals surface area contributed by atoms with Gasteiger partial charge in [0.2, 0.25) is 0 Å². The largest absolute Gasteiger partial charge is 0.478 e. The number of nitrogens with one attached hydrogen (secondary N) is 2. The second-order valence-electron chi connectivity index (χ2n) is 4.90. The van der Waals surface area contributed by atoms with Gasteiger partial charge < -0.3 is 15.7 Å². The summed E-state index contributed by atoms with van der Waals surface area (Å²) in [5.41, 5.74) is 1.47. The summed E-state index contributed by atoms with van der Waals surface area (Å²) in [5.74, 6) is -1.35. The van der Waals surface area contributed by atoms with Gasteiger partial charge >= 0.3 is 5.97 Å². The molecular formula is C15H13ClN2O3S. The van der Waals surface area contributed by atoms with Gasteiger partial charge in [0.15, 0.2) is 0 Å². The first kappa shape index (κ1) is 15.0. The molecule has 2 aromatic rings. The Bertz CT molecular complexity index is 740. The highest BCUT2D eigenvalue weighted by Gasteiger charge is 2.26. The van der Waals surface area contributed by atoms with Gasteiger partial charge in [-0.1, -0.05) is 11.6 Å². The van der Waals surface area contributed by atoms with E-state index in [2.05, 4.69) is 10.6 Å². The molecule has 0 saturated heterocycles. The molecule has 22 heavy (non-hydrogen) atoms. The van der Waals surface area contributed by atoms with E-state index in [9.17, 15) is 14.7 Å². The van der Waals surface area contributed by atoms with Crippen LogP contribution in [-0.2, 0) is 13.0 Å². The van der Waals surface area contributed by atoms with Crippen molar-refractivity contribution in [2.75, 3.05) is 11.9 Å². The van der Waals surface area contributed by atoms with Crippen LogP contribution < -0.4 is 10.6 Å². The number of anilines is 1. The van der Waals surface area contributed by atoms with E-state index in [1.807, 2.05) is 0 Å². The molecule has 3 rings (SSSR count). The number of thiophene rings is 1. The normalized spacial score (nSPS) is 13.5. The number of hydrogen-bond donors (Lipinski definition) is 3. The molecule has 1 aliphatic heterocycles. The van der Waals surface area contributed by atoms with E-state index in [0.717, 1.165) is 17.0 Å². The monoisotopic (exact) mass is 336 g/mol. The standard InChI is InChI=1S/C15H13ClN2O3S/c16-9-3-1-8(2-4-9)13(19)18-14-12(15(20)21)10-5-6-17-7-11(10)22-14/h1-4,17H,5-7H2,(H,18,19)(H,20,21). The summed E-state index contributed by atoms with van der Waals surface area (Å²) in [6, 6.07) is 6.45. The molecule has 0 atom stereocenters. The van der Waals surface area contributed by atoms with Crippen LogP contribution >= 0.6 is 22.9 Å². The number of amides is 1. The van der Waals surface area contributed by atoms with Gasteiger partial charge in [0, 0.05) is 22.0 Å². The molecule has 114 valence electrons. The molecule has 1 aromatic carbocycles. The highest BCUT2D eigenvalue weighted by molar-refractivity contribution is 7.17. The summed E-state index contributed by atoms with van der Waals surface area (Å²) in [5, 5.41) is 16.3. The zero-order valence-electron chi connectivity index (χ0n) is 11.5. The summed E-state index contributed by atoms with van der Waals surface area (Å²) >= 11 is 7.11. The molecular weight excluding hydrogens is 324 g/mol. The lowest BCUT2D eigenvalue weighted by Gasteiger charge is -2.12. The van der Waals surface area contributed by atoms with Gasteiger partial charge in [-0.15, -0.1) is 11.3 Å². The number of benzene rings is 1. The topological polar surface area (TPSA) is 78.4 Å². The molecule has 0 aliphatic carbocycles. The van der Waals surface area contributed by atoms with E-state index in [-0.39, 0.29) is 11.5 Å². The van der Waals surface area contributed by atoms with Crippen LogP contribution in [-0.4, -0.2) is 23.5 Å². The molecule has 5 nitrogen and oxygen atoms in total. The van der Waals surface area contributed by atoms with Crippen molar-refractivity contribution in [3.8, 4) is 0 Å². The molecule has 0 radical (unpaired) electrons. The molecule has 0 fully saturated rings. The molecule has 0 unspecified atom stereocenters. The minimum Gasteiger partial charge on any atom is -0.478 e. The average Bonchev–Trinajstić information content (AvgIpc) is 2.85. The third kappa shape index (κ3) is 2.85. The summed E-state index contributed by atoms with van der Waals surface area (Å²) < 4.78 is 0. The van der Waals surface area contributed by atoms with Gasteiger partial charge in [0.1, 0.15) is 5.00 Å². The third-order valence-electron chi connectivity index (χ3n) is 3.48. The third-order valence-corrected chi connectivity index (χ3v) is 4.87. The van der Waals surface area contributed by atoms with Crippen molar-refractivity contribution in [3.05, 3.63) is 50.9 Å². The minimum atomic E-state index is -1.01. The Kier molecular flexibility index (Phi) is 4.15. The van der Waals surface area contributed by atoms with Crippen LogP contribution in [0.2, 0.25) is 5.02 Å². The van der Waals surface area contributed by atoms with Crippen LogP contribution in [0.15, 0.2) is 24.3 Å². The van der Waals surface area contributed by atoms with Crippen molar-refractivity contribution < 1.29 is 14.7 Å². The minimum absolute atomic E-state index is 0.212. The SMILES string of the molecule is O=C(Nc1sc2c(c1C(=O)O)CCNC2)c1ccc(Cl)cc1. The van der Waals surface area contributed by atoms with E-state index in [4.69, 9.17) is 11.6 Å². The van der Waals surface area contributed by atoms with Gasteiger partial charge in [-0.25, -0.2) is 4.79 Å². The van der Waals surface area contributed by atoms with Crippen molar-refractivity contribution >= 4 is 39.8 Å². The molecule has 0 saturated carbocycles. The molecule has 2 heterocycles. The molecule has 1 amide bonds. The molecule has 1 aromatic heterocycles. The number of hydrogen-bond acceptors (Lipinski definition) is 4. The van der Waals surface area contributed by atoms with Crippen molar-refractivity contribution in [1.82, 2.24) is 5.32 Å². The Balaban J connectivity index is 1.91. The Hall–Kier alpha value is -1.89. The fourth-order valence-corrected chi connectivity index (χ4v) is 3.76. The van der Waals surface area contributed by atoms with E-state index in [1.165, 1.54) is 11.3 Å². The maximum atomic E-state index is 12.3. The smallest absolute Gasteiger partial charge is 0.339 e. The summed E-state index contributed by atoms with van der Waals surface area (Å²) in [6.45, 7) is 1.38. The number of halogens is 1. The van der Waals surface area contributed by atoms with E-state index in [1.54, 1.807) is 24.3 Å². The van der Waals surface area contributed by atoms with Crippen LogP contribution in [0, 0.1) is 0 Å². The van der Waals surface area contributed by atoms with Crippen LogP contribution in [0.5, 0.6) is 0 Å². The lowest BCUT2D eigenvalue weighted by atomic mass is 10.0. The van der Waals surface area contributed by atoms with Gasteiger partial charge in [-0.3, -0.25) is 4.79 Å². The maximum Gasteiger partial charge on any atom is 0.339 e. The van der Waals surface area contributed by atoms with Crippen molar-refractivity contribution in [1.29, 1.82) is 0 Å². The number of carboxylic acid groups (broad SMARTS) is 1. The van der Waals surface area contributed by atoms with Crippen molar-refractivity contribution in [2.24, 2.45) is 0 Å². The number of rotatable bonds is 3. The van der Waals surface area contributed by atoms with E-state index < -0.39 is 5.97 Å².